The molecule has 1 rings (SSSR count). The zero-order chi connectivity index (χ0) is 14.0. The van der Waals surface area contributed by atoms with Crippen molar-refractivity contribution < 1.29 is 13.2 Å². The number of aryl methyl sites for hydroxylation is 1. The van der Waals surface area contributed by atoms with Crippen LogP contribution < -0.4 is 5.32 Å². The number of nitrogens with one attached hydrogen (secondary N) is 1. The Balaban J connectivity index is 3.05. The number of benzene rings is 1. The van der Waals surface area contributed by atoms with Crippen LogP contribution in [0, 0.1) is 6.92 Å². The Hall–Kier alpha value is -1.03. The molecule has 1 N–H and O–H groups in total. The van der Waals surface area contributed by atoms with Gasteiger partial charge in [-0.2, -0.15) is 13.2 Å². The molecular weight excluding hydrogens is 239 g/mol. The van der Waals surface area contributed by atoms with Crippen molar-refractivity contribution in [3.63, 3.8) is 0 Å². The lowest BCUT2D eigenvalue weighted by atomic mass is 9.79. The molecule has 4 heteroatoms. The first-order chi connectivity index (χ1) is 8.18. The topological polar surface area (TPSA) is 12.0 Å². The maximum atomic E-state index is 12.6. The fraction of sp³-hybridized carbons (Fsp3) is 0.571. The minimum absolute atomic E-state index is 0.128. The summed E-state index contributed by atoms with van der Waals surface area (Å²) in [5.74, 6) is 0. The van der Waals surface area contributed by atoms with Crippen LogP contribution in [0.25, 0.3) is 0 Å². The Bertz CT molecular complexity index is 408. The average molecular weight is 259 g/mol. The predicted molar refractivity (Wildman–Crippen MR) is 67.8 cm³/mol. The molecule has 18 heavy (non-hydrogen) atoms. The normalized spacial score (nSPS) is 12.8. The van der Waals surface area contributed by atoms with Gasteiger partial charge in [0.1, 0.15) is 0 Å². The van der Waals surface area contributed by atoms with Crippen molar-refractivity contribution in [3.8, 4) is 0 Å². The van der Waals surface area contributed by atoms with Gasteiger partial charge in [0.2, 0.25) is 0 Å². The van der Waals surface area contributed by atoms with E-state index >= 15 is 0 Å². The van der Waals surface area contributed by atoms with Crippen molar-refractivity contribution in [2.24, 2.45) is 0 Å². The zero-order valence-corrected chi connectivity index (χ0v) is 11.3. The molecule has 0 aliphatic rings. The van der Waals surface area contributed by atoms with Crippen LogP contribution in [0.5, 0.6) is 0 Å². The molecule has 102 valence electrons. The van der Waals surface area contributed by atoms with E-state index in [0.29, 0.717) is 5.56 Å². The van der Waals surface area contributed by atoms with Gasteiger partial charge in [-0.15, -0.1) is 0 Å². The first-order valence-corrected chi connectivity index (χ1v) is 6.01. The van der Waals surface area contributed by atoms with E-state index in [0.717, 1.165) is 18.5 Å². The maximum absolute atomic E-state index is 12.6. The van der Waals surface area contributed by atoms with Gasteiger partial charge in [0.05, 0.1) is 5.56 Å². The minimum Gasteiger partial charge on any atom is -0.320 e. The van der Waals surface area contributed by atoms with E-state index in [-0.39, 0.29) is 5.41 Å². The van der Waals surface area contributed by atoms with Crippen molar-refractivity contribution in [2.75, 3.05) is 13.6 Å². The molecule has 0 spiro atoms. The Labute approximate surface area is 106 Å². The summed E-state index contributed by atoms with van der Waals surface area (Å²) >= 11 is 0. The highest BCUT2D eigenvalue weighted by Gasteiger charge is 2.32. The monoisotopic (exact) mass is 259 g/mol. The highest BCUT2D eigenvalue weighted by atomic mass is 19.4. The second kappa shape index (κ2) is 5.31. The molecule has 0 aliphatic carbocycles. The zero-order valence-electron chi connectivity index (χ0n) is 11.3. The quantitative estimate of drug-likeness (QED) is 0.864. The van der Waals surface area contributed by atoms with E-state index in [1.54, 1.807) is 13.0 Å². The number of rotatable bonds is 4. The van der Waals surface area contributed by atoms with Crippen LogP contribution in [0.4, 0.5) is 13.2 Å². The molecule has 0 atom stereocenters. The molecular formula is C14H20F3N. The highest BCUT2D eigenvalue weighted by Crippen LogP contribution is 2.34. The number of hydrogen-bond donors (Lipinski definition) is 1. The highest BCUT2D eigenvalue weighted by molar-refractivity contribution is 5.37. The van der Waals surface area contributed by atoms with Gasteiger partial charge in [0.15, 0.2) is 0 Å². The van der Waals surface area contributed by atoms with Crippen LogP contribution in [0.15, 0.2) is 18.2 Å². The summed E-state index contributed by atoms with van der Waals surface area (Å²) in [4.78, 5) is 0. The van der Waals surface area contributed by atoms with Gasteiger partial charge in [-0.1, -0.05) is 19.9 Å². The maximum Gasteiger partial charge on any atom is 0.416 e. The van der Waals surface area contributed by atoms with Gasteiger partial charge in [-0.3, -0.25) is 0 Å². The second-order valence-electron chi connectivity index (χ2n) is 5.26. The smallest absolute Gasteiger partial charge is 0.320 e. The van der Waals surface area contributed by atoms with Crippen molar-refractivity contribution in [1.29, 1.82) is 0 Å². The Morgan fingerprint density at radius 2 is 1.78 bits per heavy atom. The molecule has 0 radical (unpaired) electrons. The summed E-state index contributed by atoms with van der Waals surface area (Å²) in [5.41, 5.74) is 0.974. The van der Waals surface area contributed by atoms with E-state index in [4.69, 9.17) is 0 Å². The lowest BCUT2D eigenvalue weighted by Crippen LogP contribution is -2.24. The molecule has 0 saturated carbocycles. The van der Waals surface area contributed by atoms with Crippen molar-refractivity contribution in [2.45, 2.75) is 38.8 Å². The van der Waals surface area contributed by atoms with Crippen molar-refractivity contribution in [3.05, 3.63) is 34.9 Å². The largest absolute Gasteiger partial charge is 0.416 e. The fourth-order valence-electron chi connectivity index (χ4n) is 2.17. The van der Waals surface area contributed by atoms with Gasteiger partial charge in [0, 0.05) is 0 Å². The SMILES string of the molecule is CNCCC(C)(C)c1ccc(C(F)(F)F)cc1C. The summed E-state index contributed by atoms with van der Waals surface area (Å²) in [6.07, 6.45) is -3.38. The van der Waals surface area contributed by atoms with Gasteiger partial charge in [-0.25, -0.2) is 0 Å². The molecule has 1 aromatic rings. The van der Waals surface area contributed by atoms with E-state index in [9.17, 15) is 13.2 Å². The predicted octanol–water partition coefficient (Wildman–Crippen LogP) is 3.90. The van der Waals surface area contributed by atoms with Crippen LogP contribution >= 0.6 is 0 Å². The van der Waals surface area contributed by atoms with Crippen LogP contribution in [0.3, 0.4) is 0 Å². The number of alkyl halides is 3. The lowest BCUT2D eigenvalue weighted by molar-refractivity contribution is -0.137. The van der Waals surface area contributed by atoms with Gasteiger partial charge < -0.3 is 5.32 Å². The van der Waals surface area contributed by atoms with Crippen LogP contribution in [0.2, 0.25) is 0 Å². The third-order valence-corrected chi connectivity index (χ3v) is 3.28. The summed E-state index contributed by atoms with van der Waals surface area (Å²) in [5, 5.41) is 3.07. The Morgan fingerprint density at radius 1 is 1.17 bits per heavy atom. The van der Waals surface area contributed by atoms with Gasteiger partial charge >= 0.3 is 6.18 Å². The average Bonchev–Trinajstić information content (AvgIpc) is 2.24. The third-order valence-electron chi connectivity index (χ3n) is 3.28. The Morgan fingerprint density at radius 3 is 2.22 bits per heavy atom. The molecule has 0 heterocycles. The van der Waals surface area contributed by atoms with E-state index in [1.807, 2.05) is 7.05 Å². The number of halogens is 3. The van der Waals surface area contributed by atoms with E-state index in [2.05, 4.69) is 19.2 Å². The fourth-order valence-corrected chi connectivity index (χ4v) is 2.17. The molecule has 0 aromatic heterocycles. The number of hydrogen-bond acceptors (Lipinski definition) is 1. The third kappa shape index (κ3) is 3.48. The minimum atomic E-state index is -4.27. The summed E-state index contributed by atoms with van der Waals surface area (Å²) < 4.78 is 37.8. The Kier molecular flexibility index (Phi) is 4.43. The molecule has 0 saturated heterocycles. The van der Waals surface area contributed by atoms with E-state index < -0.39 is 11.7 Å². The molecule has 0 bridgehead atoms. The van der Waals surface area contributed by atoms with Crippen molar-refractivity contribution in [1.82, 2.24) is 5.32 Å². The van der Waals surface area contributed by atoms with Crippen molar-refractivity contribution >= 4 is 0 Å². The summed E-state index contributed by atoms with van der Waals surface area (Å²) in [6, 6.07) is 4.01. The molecule has 0 unspecified atom stereocenters. The molecule has 0 amide bonds. The molecule has 0 aliphatic heterocycles. The lowest BCUT2D eigenvalue weighted by Gasteiger charge is -2.27. The molecule has 1 nitrogen and oxygen atoms in total. The van der Waals surface area contributed by atoms with Gasteiger partial charge in [-0.05, 0) is 55.6 Å². The van der Waals surface area contributed by atoms with E-state index in [1.165, 1.54) is 12.1 Å². The van der Waals surface area contributed by atoms with Crippen LogP contribution in [-0.2, 0) is 11.6 Å². The van der Waals surface area contributed by atoms with Gasteiger partial charge in [0.25, 0.3) is 0 Å². The summed E-state index contributed by atoms with van der Waals surface area (Å²) in [6.45, 7) is 6.69. The first-order valence-electron chi connectivity index (χ1n) is 6.01. The molecule has 1 aromatic carbocycles. The van der Waals surface area contributed by atoms with Crippen LogP contribution in [-0.4, -0.2) is 13.6 Å². The van der Waals surface area contributed by atoms with Crippen LogP contribution in [0.1, 0.15) is 37.0 Å². The standard InChI is InChI=1S/C14H20F3N/c1-10-9-11(14(15,16)17)5-6-12(10)13(2,3)7-8-18-4/h5-6,9,18H,7-8H2,1-4H3. The molecule has 0 fully saturated rings. The second-order valence-corrected chi connectivity index (χ2v) is 5.26. The summed E-state index contributed by atoms with van der Waals surface area (Å²) in [7, 11) is 1.87. The first kappa shape index (κ1) is 15.0.